The number of nitrogens with one attached hydrogen (secondary N) is 1. The van der Waals surface area contributed by atoms with Gasteiger partial charge in [0.15, 0.2) is 6.61 Å². The Morgan fingerprint density at radius 3 is 2.32 bits per heavy atom. The van der Waals surface area contributed by atoms with E-state index in [9.17, 15) is 22.8 Å². The maximum atomic E-state index is 13.4. The fourth-order valence-electron chi connectivity index (χ4n) is 6.37. The van der Waals surface area contributed by atoms with E-state index in [1.807, 2.05) is 0 Å². The van der Waals surface area contributed by atoms with Crippen LogP contribution < -0.4 is 5.32 Å². The van der Waals surface area contributed by atoms with Gasteiger partial charge in [-0.3, -0.25) is 9.59 Å². The molecule has 1 heterocycles. The molecular formula is C22H24F3N3O3. The predicted molar refractivity (Wildman–Crippen MR) is 105 cm³/mol. The van der Waals surface area contributed by atoms with Gasteiger partial charge in [0.05, 0.1) is 11.0 Å². The summed E-state index contributed by atoms with van der Waals surface area (Å²) in [7, 11) is 0. The molecule has 4 aliphatic rings. The number of ether oxygens (including phenoxy) is 1. The van der Waals surface area contributed by atoms with Crippen molar-refractivity contribution in [1.29, 1.82) is 0 Å². The van der Waals surface area contributed by atoms with Crippen molar-refractivity contribution in [3.05, 3.63) is 30.1 Å². The van der Waals surface area contributed by atoms with Crippen molar-refractivity contribution in [2.75, 3.05) is 6.61 Å². The van der Waals surface area contributed by atoms with Gasteiger partial charge >= 0.3 is 12.1 Å². The first kappa shape index (κ1) is 20.3. The van der Waals surface area contributed by atoms with Crippen molar-refractivity contribution >= 4 is 22.9 Å². The number of benzene rings is 1. The molecule has 4 saturated carbocycles. The molecule has 0 unspecified atom stereocenters. The van der Waals surface area contributed by atoms with E-state index in [2.05, 4.69) is 10.3 Å². The number of esters is 1. The lowest BCUT2D eigenvalue weighted by Gasteiger charge is -2.56. The largest absolute Gasteiger partial charge is 0.454 e. The van der Waals surface area contributed by atoms with Crippen molar-refractivity contribution < 1.29 is 27.5 Å². The van der Waals surface area contributed by atoms with E-state index in [4.69, 9.17) is 4.74 Å². The molecule has 0 spiro atoms. The molecule has 6 nitrogen and oxygen atoms in total. The lowest BCUT2D eigenvalue weighted by molar-refractivity contribution is -0.154. The quantitative estimate of drug-likeness (QED) is 0.728. The summed E-state index contributed by atoms with van der Waals surface area (Å²) in [6, 6.07) is 6.06. The van der Waals surface area contributed by atoms with Crippen LogP contribution in [0.5, 0.6) is 0 Å². The molecule has 2 aromatic rings. The molecular weight excluding hydrogens is 411 g/mol. The number of aromatic nitrogens is 2. The van der Waals surface area contributed by atoms with Crippen molar-refractivity contribution in [2.24, 2.45) is 17.8 Å². The number of carbonyl (C=O) groups excluding carboxylic acids is 2. The average molecular weight is 435 g/mol. The highest BCUT2D eigenvalue weighted by atomic mass is 19.4. The molecule has 4 aliphatic carbocycles. The number of halogens is 3. The lowest BCUT2D eigenvalue weighted by Crippen LogP contribution is -2.60. The molecule has 6 rings (SSSR count). The van der Waals surface area contributed by atoms with E-state index in [1.54, 1.807) is 12.1 Å². The summed E-state index contributed by atoms with van der Waals surface area (Å²) in [5.41, 5.74) is 0.120. The molecule has 0 saturated heterocycles. The molecule has 1 N–H and O–H groups in total. The number of para-hydroxylation sites is 2. The minimum Gasteiger partial charge on any atom is -0.454 e. The van der Waals surface area contributed by atoms with Crippen LogP contribution >= 0.6 is 0 Å². The van der Waals surface area contributed by atoms with Gasteiger partial charge in [-0.1, -0.05) is 12.1 Å². The molecule has 0 radical (unpaired) electrons. The Morgan fingerprint density at radius 1 is 1.10 bits per heavy atom. The Bertz CT molecular complexity index is 995. The van der Waals surface area contributed by atoms with E-state index < -0.39 is 31.1 Å². The van der Waals surface area contributed by atoms with E-state index in [1.165, 1.54) is 31.4 Å². The summed E-state index contributed by atoms with van der Waals surface area (Å²) >= 11 is 0. The zero-order valence-electron chi connectivity index (χ0n) is 17.0. The van der Waals surface area contributed by atoms with E-state index in [0.717, 1.165) is 23.8 Å². The van der Waals surface area contributed by atoms with Crippen LogP contribution in [0.4, 0.5) is 13.2 Å². The number of hydrogen-bond donors (Lipinski definition) is 1. The molecule has 4 fully saturated rings. The van der Waals surface area contributed by atoms with Gasteiger partial charge in [0, 0.05) is 5.54 Å². The molecule has 31 heavy (non-hydrogen) atoms. The van der Waals surface area contributed by atoms with E-state index in [0.29, 0.717) is 17.8 Å². The summed E-state index contributed by atoms with van der Waals surface area (Å²) in [5, 5.41) is 3.09. The second-order valence-corrected chi connectivity index (χ2v) is 9.41. The van der Waals surface area contributed by atoms with Gasteiger partial charge in [-0.15, -0.1) is 0 Å². The van der Waals surface area contributed by atoms with Crippen LogP contribution in [0, 0.1) is 17.8 Å². The maximum Gasteiger partial charge on any atom is 0.449 e. The van der Waals surface area contributed by atoms with Crippen molar-refractivity contribution in [3.63, 3.8) is 0 Å². The van der Waals surface area contributed by atoms with Gasteiger partial charge in [-0.2, -0.15) is 13.2 Å². The number of amides is 1. The van der Waals surface area contributed by atoms with Crippen LogP contribution in [0.15, 0.2) is 24.3 Å². The van der Waals surface area contributed by atoms with Crippen LogP contribution in [0.25, 0.3) is 11.0 Å². The number of carbonyl (C=O) groups is 2. The fraction of sp³-hybridized carbons (Fsp3) is 0.591. The highest BCUT2D eigenvalue weighted by Crippen LogP contribution is 2.55. The number of fused-ring (bicyclic) bond motifs is 1. The van der Waals surface area contributed by atoms with Gasteiger partial charge in [0.25, 0.3) is 5.91 Å². The number of imidazole rings is 1. The fourth-order valence-corrected chi connectivity index (χ4v) is 6.37. The first-order valence-electron chi connectivity index (χ1n) is 10.7. The maximum absolute atomic E-state index is 13.4. The van der Waals surface area contributed by atoms with Crippen LogP contribution in [0.1, 0.15) is 44.3 Å². The Morgan fingerprint density at radius 2 is 1.71 bits per heavy atom. The molecule has 0 atom stereocenters. The third kappa shape index (κ3) is 3.90. The first-order chi connectivity index (χ1) is 14.7. The second-order valence-electron chi connectivity index (χ2n) is 9.41. The molecule has 166 valence electrons. The molecule has 1 aromatic heterocycles. The van der Waals surface area contributed by atoms with Gasteiger partial charge in [-0.25, -0.2) is 4.98 Å². The zero-order chi connectivity index (χ0) is 21.8. The Kier molecular flexibility index (Phi) is 4.75. The smallest absolute Gasteiger partial charge is 0.449 e. The average Bonchev–Trinajstić information content (AvgIpc) is 3.04. The van der Waals surface area contributed by atoms with Crippen LogP contribution in [0.2, 0.25) is 0 Å². The molecule has 0 aliphatic heterocycles. The predicted octanol–water partition coefficient (Wildman–Crippen LogP) is 3.68. The summed E-state index contributed by atoms with van der Waals surface area (Å²) in [4.78, 5) is 28.4. The lowest BCUT2D eigenvalue weighted by atomic mass is 9.53. The third-order valence-electron chi connectivity index (χ3n) is 7.00. The molecule has 1 amide bonds. The summed E-state index contributed by atoms with van der Waals surface area (Å²) in [6.07, 6.45) is 1.91. The van der Waals surface area contributed by atoms with Crippen LogP contribution in [-0.2, 0) is 27.0 Å². The van der Waals surface area contributed by atoms with Gasteiger partial charge < -0.3 is 14.6 Å². The molecule has 9 heteroatoms. The SMILES string of the molecule is O=C(COC(=O)Cn1c(C(F)(F)F)nc2ccccc21)NC12CC3CC(CC(C3)C1)C2. The standard InChI is InChI=1S/C22H24F3N3O3/c23-22(24,25)20-26-16-3-1-2-4-17(16)28(20)11-19(30)31-12-18(29)27-21-8-13-5-14(9-21)7-15(6-13)10-21/h1-4,13-15H,5-12H2,(H,27,29). The van der Waals surface area contributed by atoms with Gasteiger partial charge in [0.1, 0.15) is 6.54 Å². The minimum absolute atomic E-state index is 0.141. The molecule has 1 aromatic carbocycles. The Hall–Kier alpha value is -2.58. The zero-order valence-corrected chi connectivity index (χ0v) is 17.0. The summed E-state index contributed by atoms with van der Waals surface area (Å²) in [6.45, 7) is -1.16. The van der Waals surface area contributed by atoms with Gasteiger partial charge in [0.2, 0.25) is 5.82 Å². The third-order valence-corrected chi connectivity index (χ3v) is 7.00. The van der Waals surface area contributed by atoms with Crippen LogP contribution in [-0.4, -0.2) is 33.6 Å². The normalized spacial score (nSPS) is 29.3. The van der Waals surface area contributed by atoms with Crippen molar-refractivity contribution in [1.82, 2.24) is 14.9 Å². The van der Waals surface area contributed by atoms with E-state index >= 15 is 0 Å². The first-order valence-corrected chi connectivity index (χ1v) is 10.7. The van der Waals surface area contributed by atoms with Crippen molar-refractivity contribution in [3.8, 4) is 0 Å². The topological polar surface area (TPSA) is 73.2 Å². The molecule has 4 bridgehead atoms. The van der Waals surface area contributed by atoms with Gasteiger partial charge in [-0.05, 0) is 68.4 Å². The number of hydrogen-bond acceptors (Lipinski definition) is 4. The number of rotatable bonds is 5. The number of alkyl halides is 3. The second kappa shape index (κ2) is 7.24. The van der Waals surface area contributed by atoms with Crippen LogP contribution in [0.3, 0.4) is 0 Å². The van der Waals surface area contributed by atoms with Crippen molar-refractivity contribution in [2.45, 2.75) is 56.8 Å². The monoisotopic (exact) mass is 435 g/mol. The minimum atomic E-state index is -4.71. The highest BCUT2D eigenvalue weighted by Gasteiger charge is 2.51. The number of nitrogens with zero attached hydrogens (tertiary/aromatic N) is 2. The Balaban J connectivity index is 1.22. The Labute approximate surface area is 177 Å². The summed E-state index contributed by atoms with van der Waals surface area (Å²) < 4.78 is 45.9. The summed E-state index contributed by atoms with van der Waals surface area (Å²) in [5.74, 6) is -0.488. The van der Waals surface area contributed by atoms with E-state index in [-0.39, 0.29) is 22.5 Å². The highest BCUT2D eigenvalue weighted by molar-refractivity contribution is 5.82.